The maximum atomic E-state index is 13.4. The highest BCUT2D eigenvalue weighted by atomic mass is 35.5. The summed E-state index contributed by atoms with van der Waals surface area (Å²) in [5, 5.41) is 23.9. The lowest BCUT2D eigenvalue weighted by molar-refractivity contribution is -0.193. The Morgan fingerprint density at radius 2 is 1.52 bits per heavy atom. The average Bonchev–Trinajstić information content (AvgIpc) is 3.09. The number of hydrogen-bond donors (Lipinski definition) is 5. The molecule has 1 fully saturated rings. The summed E-state index contributed by atoms with van der Waals surface area (Å²) >= 11 is 5.75. The number of rotatable bonds is 8. The Balaban J connectivity index is 0.000000441. The molecule has 52 heavy (non-hydrogen) atoms. The topological polar surface area (TPSA) is 198 Å². The number of fused-ring (bicyclic) bond motifs is 1. The van der Waals surface area contributed by atoms with Crippen LogP contribution in [-0.4, -0.2) is 87.2 Å². The summed E-state index contributed by atoms with van der Waals surface area (Å²) in [4.78, 5) is 47.3. The molecule has 4 aromatic rings. The first-order valence-corrected chi connectivity index (χ1v) is 14.9. The third-order valence-corrected chi connectivity index (χ3v) is 6.95. The summed E-state index contributed by atoms with van der Waals surface area (Å²) in [7, 11) is 1.59. The molecule has 1 aliphatic rings. The summed E-state index contributed by atoms with van der Waals surface area (Å²) in [6, 6.07) is 7.36. The third kappa shape index (κ3) is 12.3. The number of anilines is 3. The first-order chi connectivity index (χ1) is 24.4. The van der Waals surface area contributed by atoms with Crippen LogP contribution < -0.4 is 25.4 Å². The van der Waals surface area contributed by atoms with E-state index in [0.717, 1.165) is 37.4 Å². The van der Waals surface area contributed by atoms with Crippen LogP contribution in [0.5, 0.6) is 11.5 Å². The van der Waals surface area contributed by atoms with Gasteiger partial charge >= 0.3 is 24.3 Å². The molecule has 0 saturated carbocycles. The largest absolute Gasteiger partial charge is 0.493 e. The molecular formula is C30H27ClF7N7O7. The highest BCUT2D eigenvalue weighted by Gasteiger charge is 2.38. The molecule has 0 bridgehead atoms. The lowest BCUT2D eigenvalue weighted by atomic mass is 9.99. The number of carboxylic acids is 2. The van der Waals surface area contributed by atoms with E-state index in [-0.39, 0.29) is 16.5 Å². The minimum atomic E-state index is -5.08. The fourth-order valence-electron chi connectivity index (χ4n) is 4.10. The molecule has 14 nitrogen and oxygen atoms in total. The van der Waals surface area contributed by atoms with Crippen molar-refractivity contribution in [3.05, 3.63) is 65.5 Å². The molecule has 0 unspecified atom stereocenters. The molecule has 280 valence electrons. The van der Waals surface area contributed by atoms with Gasteiger partial charge in [-0.05, 0) is 56.1 Å². The van der Waals surface area contributed by atoms with Crippen molar-refractivity contribution in [2.75, 3.05) is 37.4 Å². The monoisotopic (exact) mass is 765 g/mol. The number of alkyl halides is 6. The second-order valence-corrected chi connectivity index (χ2v) is 10.8. The van der Waals surface area contributed by atoms with Crippen LogP contribution in [0.2, 0.25) is 5.02 Å². The number of carbonyl (C=O) groups excluding carboxylic acids is 1. The van der Waals surface area contributed by atoms with Crippen molar-refractivity contribution in [3.8, 4) is 11.5 Å². The van der Waals surface area contributed by atoms with Crippen molar-refractivity contribution < 1.29 is 64.8 Å². The van der Waals surface area contributed by atoms with Crippen LogP contribution in [0.15, 0.2) is 49.1 Å². The highest BCUT2D eigenvalue weighted by Crippen LogP contribution is 2.35. The highest BCUT2D eigenvalue weighted by molar-refractivity contribution is 6.31. The number of nitrogens with one attached hydrogen (secondary N) is 3. The molecule has 0 aliphatic carbocycles. The Hall–Kier alpha value is -5.57. The predicted octanol–water partition coefficient (Wildman–Crippen LogP) is 5.86. The normalized spacial score (nSPS) is 13.1. The lowest BCUT2D eigenvalue weighted by Gasteiger charge is -2.23. The van der Waals surface area contributed by atoms with E-state index in [1.165, 1.54) is 30.9 Å². The van der Waals surface area contributed by atoms with E-state index in [1.807, 2.05) is 12.1 Å². The predicted molar refractivity (Wildman–Crippen MR) is 169 cm³/mol. The molecule has 22 heteroatoms. The number of hydrogen-bond acceptors (Lipinski definition) is 11. The third-order valence-electron chi connectivity index (χ3n) is 6.66. The number of aromatic nitrogens is 4. The van der Waals surface area contributed by atoms with Gasteiger partial charge in [0.2, 0.25) is 5.95 Å². The number of ether oxygens (including phenoxy) is 2. The first-order valence-electron chi connectivity index (χ1n) is 14.5. The van der Waals surface area contributed by atoms with Gasteiger partial charge in [0.05, 0.1) is 42.3 Å². The Morgan fingerprint density at radius 1 is 0.923 bits per heavy atom. The number of nitrogens with zero attached hydrogens (tertiary/aromatic N) is 4. The Morgan fingerprint density at radius 3 is 2.06 bits per heavy atom. The van der Waals surface area contributed by atoms with Crippen molar-refractivity contribution in [3.63, 3.8) is 0 Å². The molecule has 2 aromatic carbocycles. The molecule has 0 radical (unpaired) electrons. The van der Waals surface area contributed by atoms with Gasteiger partial charge in [0.25, 0.3) is 5.91 Å². The zero-order valence-electron chi connectivity index (χ0n) is 26.5. The number of halogens is 8. The number of benzene rings is 2. The smallest absolute Gasteiger partial charge is 0.490 e. The van der Waals surface area contributed by atoms with Gasteiger partial charge in [0.15, 0.2) is 11.5 Å². The van der Waals surface area contributed by atoms with Crippen LogP contribution in [0.3, 0.4) is 0 Å². The lowest BCUT2D eigenvalue weighted by Crippen LogP contribution is -2.30. The van der Waals surface area contributed by atoms with E-state index in [0.29, 0.717) is 41.0 Å². The average molecular weight is 766 g/mol. The molecule has 2 aromatic heterocycles. The summed E-state index contributed by atoms with van der Waals surface area (Å²) in [5.41, 5.74) is 1.41. The van der Waals surface area contributed by atoms with Crippen molar-refractivity contribution in [2.45, 2.75) is 25.2 Å². The number of piperidine rings is 1. The number of aliphatic carboxylic acids is 2. The standard InChI is InChI=1S/C26H25ClFN7O3.2C2HF3O2/c1-37-22-9-18-21(10-23(22)38-13-15-4-6-29-7-5-15)32-14-33-24(18)34-17-11-30-26(31-12-17)35-25(36)16-2-3-20(28)19(27)8-16;2*3-2(4,5)1(6)7/h2-3,8-12,14-15,29H,4-7,13H2,1H3,(H,32,33,34)(H,30,31,35,36);2*(H,6,7). The molecule has 1 amide bonds. The maximum Gasteiger partial charge on any atom is 0.490 e. The van der Waals surface area contributed by atoms with E-state index in [9.17, 15) is 35.5 Å². The molecule has 0 atom stereocenters. The second-order valence-electron chi connectivity index (χ2n) is 10.4. The Bertz CT molecular complexity index is 1840. The SMILES string of the molecule is COc1cc2c(Nc3cnc(NC(=O)c4ccc(F)c(Cl)c4)nc3)ncnc2cc1OCC1CCNCC1.O=C(O)C(F)(F)F.O=C(O)C(F)(F)F. The number of carboxylic acid groups (broad SMARTS) is 2. The maximum absolute atomic E-state index is 13.4. The zero-order valence-corrected chi connectivity index (χ0v) is 27.2. The minimum Gasteiger partial charge on any atom is -0.493 e. The fraction of sp³-hybridized carbons (Fsp3) is 0.300. The molecule has 3 heterocycles. The summed E-state index contributed by atoms with van der Waals surface area (Å²) < 4.78 is 88.5. The zero-order chi connectivity index (χ0) is 38.6. The van der Waals surface area contributed by atoms with Crippen molar-refractivity contribution in [1.29, 1.82) is 0 Å². The van der Waals surface area contributed by atoms with E-state index in [2.05, 4.69) is 35.9 Å². The molecule has 1 aliphatic heterocycles. The van der Waals surface area contributed by atoms with E-state index >= 15 is 0 Å². The van der Waals surface area contributed by atoms with Gasteiger partial charge in [0, 0.05) is 17.0 Å². The van der Waals surface area contributed by atoms with Gasteiger partial charge in [-0.1, -0.05) is 11.6 Å². The van der Waals surface area contributed by atoms with Crippen LogP contribution in [-0.2, 0) is 9.59 Å². The van der Waals surface area contributed by atoms with E-state index in [4.69, 9.17) is 40.9 Å². The molecule has 5 rings (SSSR count). The van der Waals surface area contributed by atoms with Crippen molar-refractivity contribution in [1.82, 2.24) is 25.3 Å². The minimum absolute atomic E-state index is 0.0748. The molecule has 5 N–H and O–H groups in total. The Kier molecular flexibility index (Phi) is 14.2. The quantitative estimate of drug-likeness (QED) is 0.134. The fourth-order valence-corrected chi connectivity index (χ4v) is 4.28. The van der Waals surface area contributed by atoms with Gasteiger partial charge in [-0.2, -0.15) is 26.3 Å². The van der Waals surface area contributed by atoms with Crippen LogP contribution in [0.25, 0.3) is 10.9 Å². The molecule has 0 spiro atoms. The first kappa shape index (κ1) is 40.9. The number of methoxy groups -OCH3 is 1. The van der Waals surface area contributed by atoms with Crippen LogP contribution in [0.1, 0.15) is 23.2 Å². The Labute approximate surface area is 293 Å². The van der Waals surface area contributed by atoms with Crippen LogP contribution in [0, 0.1) is 11.7 Å². The molecule has 1 saturated heterocycles. The van der Waals surface area contributed by atoms with Crippen molar-refractivity contribution in [2.24, 2.45) is 5.92 Å². The summed E-state index contributed by atoms with van der Waals surface area (Å²) in [5.74, 6) is -4.32. The molecular weight excluding hydrogens is 739 g/mol. The van der Waals surface area contributed by atoms with Gasteiger partial charge < -0.3 is 30.3 Å². The van der Waals surface area contributed by atoms with E-state index < -0.39 is 36.0 Å². The van der Waals surface area contributed by atoms with Gasteiger partial charge in [-0.3, -0.25) is 10.1 Å². The van der Waals surface area contributed by atoms with Gasteiger partial charge in [0.1, 0.15) is 18.0 Å². The van der Waals surface area contributed by atoms with Gasteiger partial charge in [-0.25, -0.2) is 33.9 Å². The van der Waals surface area contributed by atoms with Crippen LogP contribution in [0.4, 0.5) is 48.2 Å². The van der Waals surface area contributed by atoms with E-state index in [1.54, 1.807) is 7.11 Å². The number of carbonyl (C=O) groups is 3. The summed E-state index contributed by atoms with van der Waals surface area (Å²) in [6.45, 7) is 2.63. The van der Waals surface area contributed by atoms with Gasteiger partial charge in [-0.15, -0.1) is 0 Å². The summed E-state index contributed by atoms with van der Waals surface area (Å²) in [6.07, 6.45) is -3.55. The number of amides is 1. The van der Waals surface area contributed by atoms with Crippen molar-refractivity contribution >= 4 is 57.8 Å². The van der Waals surface area contributed by atoms with Crippen LogP contribution >= 0.6 is 11.6 Å². The second kappa shape index (κ2) is 18.1.